The largest absolute Gasteiger partial charge is 0.469 e. The van der Waals surface area contributed by atoms with Gasteiger partial charge in [0.1, 0.15) is 10.8 Å². The van der Waals surface area contributed by atoms with Crippen molar-refractivity contribution < 1.29 is 4.42 Å². The predicted octanol–water partition coefficient (Wildman–Crippen LogP) is 3.04. The molecular formula is C11H11BrN2OS. The van der Waals surface area contributed by atoms with Crippen LogP contribution in [0.5, 0.6) is 0 Å². The highest BCUT2D eigenvalue weighted by Crippen LogP contribution is 2.34. The first kappa shape index (κ1) is 10.5. The van der Waals surface area contributed by atoms with Crippen molar-refractivity contribution in [3.05, 3.63) is 38.1 Å². The molecule has 1 unspecified atom stereocenters. The molecule has 5 heteroatoms. The number of aryl methyl sites for hydroxylation is 1. The van der Waals surface area contributed by atoms with E-state index in [1.807, 2.05) is 13.0 Å². The van der Waals surface area contributed by atoms with Crippen LogP contribution in [0.3, 0.4) is 0 Å². The molecule has 2 aromatic rings. The van der Waals surface area contributed by atoms with Crippen molar-refractivity contribution in [3.8, 4) is 0 Å². The van der Waals surface area contributed by atoms with Crippen LogP contribution in [0.1, 0.15) is 28.1 Å². The molecule has 0 bridgehead atoms. The van der Waals surface area contributed by atoms with E-state index in [2.05, 4.69) is 26.2 Å². The molecule has 2 aromatic heterocycles. The summed E-state index contributed by atoms with van der Waals surface area (Å²) in [6, 6.07) is 2.23. The van der Waals surface area contributed by atoms with Crippen LogP contribution in [0.4, 0.5) is 0 Å². The van der Waals surface area contributed by atoms with Crippen LogP contribution >= 0.6 is 27.3 Å². The van der Waals surface area contributed by atoms with Gasteiger partial charge in [0.2, 0.25) is 0 Å². The Morgan fingerprint density at radius 2 is 2.50 bits per heavy atom. The van der Waals surface area contributed by atoms with E-state index >= 15 is 0 Å². The van der Waals surface area contributed by atoms with Gasteiger partial charge in [-0.1, -0.05) is 0 Å². The van der Waals surface area contributed by atoms with Crippen LogP contribution in [0, 0.1) is 6.92 Å². The number of nitrogens with one attached hydrogen (secondary N) is 1. The van der Waals surface area contributed by atoms with E-state index in [4.69, 9.17) is 4.42 Å². The van der Waals surface area contributed by atoms with Gasteiger partial charge in [0.05, 0.1) is 21.8 Å². The van der Waals surface area contributed by atoms with Crippen LogP contribution in [0.15, 0.2) is 20.5 Å². The molecule has 3 nitrogen and oxygen atoms in total. The van der Waals surface area contributed by atoms with Crippen molar-refractivity contribution in [1.82, 2.24) is 10.3 Å². The van der Waals surface area contributed by atoms with Crippen LogP contribution < -0.4 is 5.32 Å². The van der Waals surface area contributed by atoms with Crippen LogP contribution in [-0.4, -0.2) is 11.5 Å². The van der Waals surface area contributed by atoms with Crippen LogP contribution in [0.25, 0.3) is 0 Å². The normalized spacial score (nSPS) is 19.8. The number of thiazole rings is 1. The standard InChI is InChI=1S/C11H11BrN2OS/c1-6-10(12)16-11(14-6)9-7-3-5-15-8(7)2-4-13-9/h3,5,9,13H,2,4H2,1H3. The van der Waals surface area contributed by atoms with E-state index in [9.17, 15) is 0 Å². The maximum absolute atomic E-state index is 5.47. The Balaban J connectivity index is 2.03. The topological polar surface area (TPSA) is 38.1 Å². The molecular weight excluding hydrogens is 288 g/mol. The number of hydrogen-bond acceptors (Lipinski definition) is 4. The Morgan fingerprint density at radius 3 is 3.25 bits per heavy atom. The molecule has 3 heterocycles. The molecule has 0 fully saturated rings. The van der Waals surface area contributed by atoms with Gasteiger partial charge in [0.15, 0.2) is 0 Å². The first-order valence-corrected chi connectivity index (χ1v) is 6.79. The van der Waals surface area contributed by atoms with E-state index < -0.39 is 0 Å². The van der Waals surface area contributed by atoms with Crippen molar-refractivity contribution >= 4 is 27.3 Å². The quantitative estimate of drug-likeness (QED) is 0.879. The molecule has 1 atom stereocenters. The van der Waals surface area contributed by atoms with Gasteiger partial charge >= 0.3 is 0 Å². The average Bonchev–Trinajstić information content (AvgIpc) is 2.85. The van der Waals surface area contributed by atoms with Crippen molar-refractivity contribution in [1.29, 1.82) is 0 Å². The number of furan rings is 1. The Hall–Kier alpha value is -0.650. The molecule has 1 N–H and O–H groups in total. The molecule has 0 radical (unpaired) electrons. The molecule has 84 valence electrons. The molecule has 0 aliphatic carbocycles. The summed E-state index contributed by atoms with van der Waals surface area (Å²) in [5.41, 5.74) is 2.28. The van der Waals surface area contributed by atoms with Crippen LogP contribution in [-0.2, 0) is 6.42 Å². The minimum atomic E-state index is 0.192. The molecule has 1 aliphatic rings. The summed E-state index contributed by atoms with van der Waals surface area (Å²) in [6.07, 6.45) is 2.73. The number of nitrogens with zero attached hydrogens (tertiary/aromatic N) is 1. The lowest BCUT2D eigenvalue weighted by Gasteiger charge is -2.21. The summed E-state index contributed by atoms with van der Waals surface area (Å²) in [4.78, 5) is 4.58. The van der Waals surface area contributed by atoms with Crippen LogP contribution in [0.2, 0.25) is 0 Å². The number of aromatic nitrogens is 1. The Kier molecular flexibility index (Phi) is 2.61. The zero-order valence-electron chi connectivity index (χ0n) is 8.79. The van der Waals surface area contributed by atoms with Gasteiger partial charge in [0.25, 0.3) is 0 Å². The van der Waals surface area contributed by atoms with Crippen molar-refractivity contribution in [3.63, 3.8) is 0 Å². The van der Waals surface area contributed by atoms with Gasteiger partial charge < -0.3 is 9.73 Å². The summed E-state index contributed by atoms with van der Waals surface area (Å²) in [7, 11) is 0. The number of fused-ring (bicyclic) bond motifs is 1. The molecule has 3 rings (SSSR count). The number of hydrogen-bond donors (Lipinski definition) is 1. The highest BCUT2D eigenvalue weighted by Gasteiger charge is 2.26. The summed E-state index contributed by atoms with van der Waals surface area (Å²) >= 11 is 5.21. The molecule has 0 saturated carbocycles. The van der Waals surface area contributed by atoms with Crippen molar-refractivity contribution in [2.24, 2.45) is 0 Å². The van der Waals surface area contributed by atoms with Gasteiger partial charge in [0, 0.05) is 18.5 Å². The molecule has 0 spiro atoms. The third-order valence-electron chi connectivity index (χ3n) is 2.79. The predicted molar refractivity (Wildman–Crippen MR) is 66.8 cm³/mol. The SMILES string of the molecule is Cc1nc(C2NCCc3occc32)sc1Br. The van der Waals surface area contributed by atoms with E-state index in [-0.39, 0.29) is 6.04 Å². The highest BCUT2D eigenvalue weighted by atomic mass is 79.9. The lowest BCUT2D eigenvalue weighted by molar-refractivity contribution is 0.455. The summed E-state index contributed by atoms with van der Waals surface area (Å²) in [5.74, 6) is 1.09. The number of rotatable bonds is 1. The minimum absolute atomic E-state index is 0.192. The molecule has 0 aromatic carbocycles. The van der Waals surface area contributed by atoms with Crippen molar-refractivity contribution in [2.75, 3.05) is 6.54 Å². The Labute approximate surface area is 106 Å². The zero-order valence-corrected chi connectivity index (χ0v) is 11.2. The minimum Gasteiger partial charge on any atom is -0.469 e. The third-order valence-corrected chi connectivity index (χ3v) is 4.87. The maximum Gasteiger partial charge on any atom is 0.116 e. The van der Waals surface area contributed by atoms with Gasteiger partial charge in [-0.3, -0.25) is 0 Å². The highest BCUT2D eigenvalue weighted by molar-refractivity contribution is 9.11. The molecule has 0 saturated heterocycles. The second-order valence-corrected chi connectivity index (χ2v) is 6.20. The fraction of sp³-hybridized carbons (Fsp3) is 0.364. The molecule has 16 heavy (non-hydrogen) atoms. The Morgan fingerprint density at radius 1 is 1.62 bits per heavy atom. The van der Waals surface area contributed by atoms with Crippen molar-refractivity contribution in [2.45, 2.75) is 19.4 Å². The van der Waals surface area contributed by atoms with Gasteiger partial charge in [-0.05, 0) is 28.9 Å². The second-order valence-electron chi connectivity index (χ2n) is 3.85. The summed E-state index contributed by atoms with van der Waals surface area (Å²) in [5, 5.41) is 4.59. The average molecular weight is 299 g/mol. The Bertz CT molecular complexity index is 500. The van der Waals surface area contributed by atoms with Gasteiger partial charge in [-0.15, -0.1) is 11.3 Å². The van der Waals surface area contributed by atoms with E-state index in [1.165, 1.54) is 5.56 Å². The van der Waals surface area contributed by atoms with Gasteiger partial charge in [-0.2, -0.15) is 0 Å². The fourth-order valence-corrected chi connectivity index (χ4v) is 3.47. The fourth-order valence-electron chi connectivity index (χ4n) is 1.99. The number of halogens is 1. The first-order valence-electron chi connectivity index (χ1n) is 5.18. The lowest BCUT2D eigenvalue weighted by Crippen LogP contribution is -2.29. The van der Waals surface area contributed by atoms with Gasteiger partial charge in [-0.25, -0.2) is 4.98 Å². The van der Waals surface area contributed by atoms with E-state index in [1.54, 1.807) is 17.6 Å². The summed E-state index contributed by atoms with van der Waals surface area (Å²) in [6.45, 7) is 2.96. The lowest BCUT2D eigenvalue weighted by atomic mass is 10.0. The second kappa shape index (κ2) is 3.98. The first-order chi connectivity index (χ1) is 7.75. The third kappa shape index (κ3) is 1.63. The van der Waals surface area contributed by atoms with E-state index in [0.29, 0.717) is 0 Å². The summed E-state index contributed by atoms with van der Waals surface area (Å²) < 4.78 is 6.58. The smallest absolute Gasteiger partial charge is 0.116 e. The molecule has 1 aliphatic heterocycles. The zero-order chi connectivity index (χ0) is 11.1. The maximum atomic E-state index is 5.47. The molecule has 0 amide bonds. The monoisotopic (exact) mass is 298 g/mol. The van der Waals surface area contributed by atoms with E-state index in [0.717, 1.165) is 33.2 Å².